The highest BCUT2D eigenvalue weighted by molar-refractivity contribution is 5.55. The number of rotatable bonds is 4. The normalized spacial score (nSPS) is 20.8. The first-order valence-electron chi connectivity index (χ1n) is 7.23. The van der Waals surface area contributed by atoms with Gasteiger partial charge in [-0.3, -0.25) is 4.90 Å². The number of benzene rings is 1. The van der Waals surface area contributed by atoms with Crippen LogP contribution in [0.5, 0.6) is 0 Å². The zero-order valence-corrected chi connectivity index (χ0v) is 12.0. The minimum absolute atomic E-state index is 0.264. The van der Waals surface area contributed by atoms with Crippen LogP contribution in [0.4, 0.5) is 4.39 Å². The molecule has 1 aliphatic heterocycles. The van der Waals surface area contributed by atoms with E-state index >= 15 is 0 Å². The van der Waals surface area contributed by atoms with Gasteiger partial charge >= 0.3 is 0 Å². The molecule has 0 radical (unpaired) electrons. The molecule has 5 heteroatoms. The Morgan fingerprint density at radius 1 is 1.43 bits per heavy atom. The summed E-state index contributed by atoms with van der Waals surface area (Å²) in [4.78, 5) is 6.52. The fourth-order valence-corrected chi connectivity index (χ4v) is 2.72. The molecule has 2 atom stereocenters. The molecule has 0 saturated carbocycles. The first-order valence-corrected chi connectivity index (χ1v) is 7.23. The van der Waals surface area contributed by atoms with Gasteiger partial charge in [0.05, 0.1) is 18.8 Å². The first kappa shape index (κ1) is 14.2. The summed E-state index contributed by atoms with van der Waals surface area (Å²) >= 11 is 0. The van der Waals surface area contributed by atoms with Gasteiger partial charge in [0, 0.05) is 12.1 Å². The number of halogens is 1. The molecule has 1 aliphatic rings. The van der Waals surface area contributed by atoms with Crippen molar-refractivity contribution in [2.24, 2.45) is 5.92 Å². The molecule has 1 fully saturated rings. The monoisotopic (exact) mass is 290 g/mol. The zero-order chi connectivity index (χ0) is 14.8. The quantitative estimate of drug-likeness (QED) is 0.940. The first-order chi connectivity index (χ1) is 10.1. The molecule has 0 spiro atoms. The van der Waals surface area contributed by atoms with Crippen LogP contribution in [0.15, 0.2) is 34.9 Å². The molecule has 112 valence electrons. The Labute approximate surface area is 123 Å². The lowest BCUT2D eigenvalue weighted by molar-refractivity contribution is 0.126. The summed E-state index contributed by atoms with van der Waals surface area (Å²) in [6.45, 7) is 4.30. The van der Waals surface area contributed by atoms with Gasteiger partial charge in [0.2, 0.25) is 5.89 Å². The van der Waals surface area contributed by atoms with Crippen LogP contribution in [-0.2, 0) is 6.54 Å². The Balaban J connectivity index is 1.64. The maximum absolute atomic E-state index is 12.9. The highest BCUT2D eigenvalue weighted by Gasteiger charge is 2.26. The lowest BCUT2D eigenvalue weighted by atomic mass is 10.0. The van der Waals surface area contributed by atoms with E-state index in [1.807, 2.05) is 6.92 Å². The second-order valence-electron chi connectivity index (χ2n) is 5.65. The molecule has 1 aromatic heterocycles. The number of hydrogen-bond acceptors (Lipinski definition) is 4. The molecular weight excluding hydrogens is 271 g/mol. The second-order valence-corrected chi connectivity index (χ2v) is 5.65. The Bertz CT molecular complexity index is 595. The molecule has 21 heavy (non-hydrogen) atoms. The van der Waals surface area contributed by atoms with Crippen molar-refractivity contribution in [2.75, 3.05) is 13.1 Å². The number of nitrogens with zero attached hydrogens (tertiary/aromatic N) is 2. The minimum Gasteiger partial charge on any atom is -0.439 e. The molecule has 3 rings (SSSR count). The number of aliphatic hydroxyl groups excluding tert-OH is 1. The summed E-state index contributed by atoms with van der Waals surface area (Å²) in [5, 5.41) is 9.61. The van der Waals surface area contributed by atoms with Crippen molar-refractivity contribution >= 4 is 0 Å². The highest BCUT2D eigenvalue weighted by atomic mass is 19.1. The van der Waals surface area contributed by atoms with Gasteiger partial charge in [-0.1, -0.05) is 0 Å². The lowest BCUT2D eigenvalue weighted by Crippen LogP contribution is -2.24. The van der Waals surface area contributed by atoms with Gasteiger partial charge in [0.15, 0.2) is 5.76 Å². The van der Waals surface area contributed by atoms with Gasteiger partial charge in [0.1, 0.15) is 5.82 Å². The third-order valence-corrected chi connectivity index (χ3v) is 4.03. The second kappa shape index (κ2) is 5.95. The van der Waals surface area contributed by atoms with Gasteiger partial charge in [-0.15, -0.1) is 0 Å². The van der Waals surface area contributed by atoms with Crippen LogP contribution in [-0.4, -0.2) is 34.2 Å². The van der Waals surface area contributed by atoms with E-state index in [4.69, 9.17) is 4.42 Å². The maximum atomic E-state index is 12.9. The number of aliphatic hydroxyl groups is 1. The molecule has 0 bridgehead atoms. The summed E-state index contributed by atoms with van der Waals surface area (Å²) < 4.78 is 18.6. The fraction of sp³-hybridized carbons (Fsp3) is 0.438. The van der Waals surface area contributed by atoms with Crippen LogP contribution in [0, 0.1) is 11.7 Å². The average molecular weight is 290 g/mol. The molecule has 2 aromatic rings. The van der Waals surface area contributed by atoms with Crippen LogP contribution >= 0.6 is 0 Å². The van der Waals surface area contributed by atoms with Crippen molar-refractivity contribution in [3.8, 4) is 11.3 Å². The predicted molar refractivity (Wildman–Crippen MR) is 77.0 cm³/mol. The maximum Gasteiger partial charge on any atom is 0.209 e. The number of oxazole rings is 1. The molecule has 2 unspecified atom stereocenters. The van der Waals surface area contributed by atoms with Gasteiger partial charge in [-0.25, -0.2) is 9.37 Å². The summed E-state index contributed by atoms with van der Waals surface area (Å²) in [6, 6.07) is 6.17. The van der Waals surface area contributed by atoms with Gasteiger partial charge in [0.25, 0.3) is 0 Å². The van der Waals surface area contributed by atoms with E-state index in [9.17, 15) is 9.50 Å². The Morgan fingerprint density at radius 2 is 2.19 bits per heavy atom. The molecule has 1 N–H and O–H groups in total. The van der Waals surface area contributed by atoms with E-state index in [0.717, 1.165) is 25.1 Å². The third kappa shape index (κ3) is 3.31. The molecule has 2 heterocycles. The van der Waals surface area contributed by atoms with E-state index in [2.05, 4.69) is 9.88 Å². The van der Waals surface area contributed by atoms with E-state index in [1.54, 1.807) is 18.3 Å². The standard InChI is InChI=1S/C16H19FN2O2/c1-11(20)13-6-7-19(9-13)10-16-18-8-15(21-16)12-2-4-14(17)5-3-12/h2-5,8,11,13,20H,6-7,9-10H2,1H3. The van der Waals surface area contributed by atoms with Gasteiger partial charge < -0.3 is 9.52 Å². The fourth-order valence-electron chi connectivity index (χ4n) is 2.72. The summed E-state index contributed by atoms with van der Waals surface area (Å²) in [7, 11) is 0. The van der Waals surface area contributed by atoms with Crippen molar-refractivity contribution in [3.05, 3.63) is 42.2 Å². The molecule has 0 aliphatic carbocycles. The van der Waals surface area contributed by atoms with Crippen molar-refractivity contribution < 1.29 is 13.9 Å². The van der Waals surface area contributed by atoms with E-state index in [0.29, 0.717) is 24.1 Å². The van der Waals surface area contributed by atoms with Gasteiger partial charge in [-0.2, -0.15) is 0 Å². The van der Waals surface area contributed by atoms with Crippen LogP contribution in [0.2, 0.25) is 0 Å². The van der Waals surface area contributed by atoms with Crippen LogP contribution < -0.4 is 0 Å². The molecule has 1 aromatic carbocycles. The van der Waals surface area contributed by atoms with Crippen molar-refractivity contribution in [3.63, 3.8) is 0 Å². The molecular formula is C16H19FN2O2. The van der Waals surface area contributed by atoms with Gasteiger partial charge in [-0.05, 0) is 50.1 Å². The van der Waals surface area contributed by atoms with E-state index < -0.39 is 0 Å². The Kier molecular flexibility index (Phi) is 4.03. The summed E-state index contributed by atoms with van der Waals surface area (Å²) in [5.41, 5.74) is 0.818. The van der Waals surface area contributed by atoms with E-state index in [-0.39, 0.29) is 11.9 Å². The Hall–Kier alpha value is -1.72. The van der Waals surface area contributed by atoms with Crippen LogP contribution in [0.1, 0.15) is 19.2 Å². The summed E-state index contributed by atoms with van der Waals surface area (Å²) in [6.07, 6.45) is 2.41. The van der Waals surface area contributed by atoms with Crippen LogP contribution in [0.3, 0.4) is 0 Å². The predicted octanol–water partition coefficient (Wildman–Crippen LogP) is 2.68. The third-order valence-electron chi connectivity index (χ3n) is 4.03. The van der Waals surface area contributed by atoms with Crippen molar-refractivity contribution in [2.45, 2.75) is 26.0 Å². The topological polar surface area (TPSA) is 49.5 Å². The van der Waals surface area contributed by atoms with Crippen molar-refractivity contribution in [1.82, 2.24) is 9.88 Å². The minimum atomic E-state index is -0.269. The Morgan fingerprint density at radius 3 is 2.86 bits per heavy atom. The highest BCUT2D eigenvalue weighted by Crippen LogP contribution is 2.24. The SMILES string of the molecule is CC(O)C1CCN(Cc2ncc(-c3ccc(F)cc3)o2)C1. The number of aromatic nitrogens is 1. The molecule has 0 amide bonds. The molecule has 4 nitrogen and oxygen atoms in total. The average Bonchev–Trinajstić information content (AvgIpc) is 3.10. The summed E-state index contributed by atoms with van der Waals surface area (Å²) in [5.74, 6) is 1.37. The largest absolute Gasteiger partial charge is 0.439 e. The molecule has 1 saturated heterocycles. The van der Waals surface area contributed by atoms with Crippen LogP contribution in [0.25, 0.3) is 11.3 Å². The van der Waals surface area contributed by atoms with Crippen molar-refractivity contribution in [1.29, 1.82) is 0 Å². The zero-order valence-electron chi connectivity index (χ0n) is 12.0. The number of likely N-dealkylation sites (tertiary alicyclic amines) is 1. The van der Waals surface area contributed by atoms with E-state index in [1.165, 1.54) is 12.1 Å². The lowest BCUT2D eigenvalue weighted by Gasteiger charge is -2.15. The smallest absolute Gasteiger partial charge is 0.209 e. The number of hydrogen-bond donors (Lipinski definition) is 1.